The molecule has 9 heteroatoms. The van der Waals surface area contributed by atoms with Gasteiger partial charge in [0, 0.05) is 23.2 Å². The second kappa shape index (κ2) is 6.10. The molecule has 0 aliphatic carbocycles. The van der Waals surface area contributed by atoms with Crippen molar-refractivity contribution in [2.24, 2.45) is 0 Å². The highest BCUT2D eigenvalue weighted by atomic mass is 19.1. The van der Waals surface area contributed by atoms with E-state index in [4.69, 9.17) is 0 Å². The molecular weight excluding hydrogens is 337 g/mol. The third-order valence-corrected chi connectivity index (χ3v) is 3.95. The van der Waals surface area contributed by atoms with Crippen molar-refractivity contribution in [2.45, 2.75) is 19.9 Å². The summed E-state index contributed by atoms with van der Waals surface area (Å²) in [7, 11) is 0. The molecule has 26 heavy (non-hydrogen) atoms. The molecule has 0 unspecified atom stereocenters. The minimum Gasteiger partial charge on any atom is -0.379 e. The molecule has 0 saturated heterocycles. The highest BCUT2D eigenvalue weighted by molar-refractivity contribution is 6.00. The molecule has 0 saturated carbocycles. The number of aromatic nitrogens is 5. The van der Waals surface area contributed by atoms with Gasteiger partial charge in [-0.1, -0.05) is 0 Å². The Balaban J connectivity index is 1.87. The summed E-state index contributed by atoms with van der Waals surface area (Å²) < 4.78 is 16.4. The van der Waals surface area contributed by atoms with Crippen LogP contribution in [0.1, 0.15) is 13.8 Å². The Labute approximate surface area is 147 Å². The van der Waals surface area contributed by atoms with Crippen molar-refractivity contribution in [3.8, 4) is 11.3 Å². The third kappa shape index (κ3) is 2.63. The molecule has 8 nitrogen and oxygen atoms in total. The molecular formula is C17H16FN7O. The molecule has 0 bridgehead atoms. The summed E-state index contributed by atoms with van der Waals surface area (Å²) in [4.78, 5) is 19.2. The van der Waals surface area contributed by atoms with Crippen molar-refractivity contribution in [3.05, 3.63) is 36.7 Å². The van der Waals surface area contributed by atoms with Crippen LogP contribution in [0.25, 0.3) is 27.8 Å². The molecule has 0 radical (unpaired) electrons. The number of halogens is 1. The fraction of sp³-hybridized carbons (Fsp3) is 0.176. The van der Waals surface area contributed by atoms with E-state index >= 15 is 0 Å². The number of nitrogens with one attached hydrogen (secondary N) is 3. The molecule has 132 valence electrons. The Morgan fingerprint density at radius 1 is 1.31 bits per heavy atom. The highest BCUT2D eigenvalue weighted by Gasteiger charge is 2.17. The molecule has 4 rings (SSSR count). The van der Waals surface area contributed by atoms with Crippen LogP contribution in [-0.2, 0) is 4.79 Å². The van der Waals surface area contributed by atoms with Gasteiger partial charge >= 0.3 is 0 Å². The first kappa shape index (κ1) is 16.0. The lowest BCUT2D eigenvalue weighted by Crippen LogP contribution is -2.11. The molecule has 1 aromatic carbocycles. The lowest BCUT2D eigenvalue weighted by atomic mass is 10.1. The average Bonchev–Trinajstić information content (AvgIpc) is 3.23. The first-order chi connectivity index (χ1) is 12.6. The number of carbonyl (C=O) groups excluding carboxylic acids is 1. The van der Waals surface area contributed by atoms with Gasteiger partial charge in [-0.2, -0.15) is 5.10 Å². The summed E-state index contributed by atoms with van der Waals surface area (Å²) in [6.45, 7) is 3.88. The van der Waals surface area contributed by atoms with Gasteiger partial charge in [-0.05, 0) is 19.9 Å². The van der Waals surface area contributed by atoms with E-state index in [9.17, 15) is 9.18 Å². The number of amides is 1. The number of hydrogen-bond acceptors (Lipinski definition) is 5. The van der Waals surface area contributed by atoms with Gasteiger partial charge in [0.1, 0.15) is 5.82 Å². The molecule has 0 spiro atoms. The fourth-order valence-electron chi connectivity index (χ4n) is 2.89. The molecule has 0 fully saturated rings. The quantitative estimate of drug-likeness (QED) is 0.479. The maximum atomic E-state index is 14.7. The van der Waals surface area contributed by atoms with Crippen LogP contribution in [-0.4, -0.2) is 37.0 Å². The molecule has 0 aliphatic rings. The summed E-state index contributed by atoms with van der Waals surface area (Å²) in [5.41, 5.74) is 2.72. The van der Waals surface area contributed by atoms with Crippen LogP contribution in [0.2, 0.25) is 0 Å². The van der Waals surface area contributed by atoms with Crippen LogP contribution >= 0.6 is 0 Å². The van der Waals surface area contributed by atoms with Crippen molar-refractivity contribution in [1.82, 2.24) is 24.6 Å². The number of imidazole rings is 1. The number of anilines is 2. The smallest absolute Gasteiger partial charge is 0.212 e. The van der Waals surface area contributed by atoms with Gasteiger partial charge < -0.3 is 15.0 Å². The number of hydrogen-bond donors (Lipinski definition) is 3. The largest absolute Gasteiger partial charge is 0.379 e. The van der Waals surface area contributed by atoms with E-state index in [1.807, 2.05) is 13.8 Å². The van der Waals surface area contributed by atoms with Gasteiger partial charge in [0.2, 0.25) is 6.41 Å². The summed E-state index contributed by atoms with van der Waals surface area (Å²) in [5, 5.41) is 13.3. The van der Waals surface area contributed by atoms with Crippen LogP contribution in [0.3, 0.4) is 0 Å². The zero-order chi connectivity index (χ0) is 18.3. The lowest BCUT2D eigenvalue weighted by molar-refractivity contribution is -0.105. The second-order valence-corrected chi connectivity index (χ2v) is 6.17. The summed E-state index contributed by atoms with van der Waals surface area (Å²) in [6, 6.07) is 1.52. The van der Waals surface area contributed by atoms with Gasteiger partial charge in [0.25, 0.3) is 0 Å². The van der Waals surface area contributed by atoms with Crippen LogP contribution in [0, 0.1) is 5.82 Å². The number of rotatable bonds is 5. The van der Waals surface area contributed by atoms with E-state index in [-0.39, 0.29) is 11.9 Å². The number of nitrogens with zero attached hydrogens (tertiary/aromatic N) is 4. The van der Waals surface area contributed by atoms with Crippen LogP contribution in [0.4, 0.5) is 15.9 Å². The number of fused-ring (bicyclic) bond motifs is 2. The summed E-state index contributed by atoms with van der Waals surface area (Å²) in [6.07, 6.45) is 7.16. The van der Waals surface area contributed by atoms with Crippen LogP contribution in [0.5, 0.6) is 0 Å². The third-order valence-electron chi connectivity index (χ3n) is 3.95. The Morgan fingerprint density at radius 2 is 2.15 bits per heavy atom. The average molecular weight is 353 g/mol. The van der Waals surface area contributed by atoms with Gasteiger partial charge in [-0.15, -0.1) is 0 Å². The van der Waals surface area contributed by atoms with Crippen LogP contribution in [0.15, 0.2) is 30.9 Å². The summed E-state index contributed by atoms with van der Waals surface area (Å²) in [5.74, 6) is 0.0244. The first-order valence-corrected chi connectivity index (χ1v) is 8.04. The summed E-state index contributed by atoms with van der Waals surface area (Å²) >= 11 is 0. The molecule has 0 atom stereocenters. The van der Waals surface area contributed by atoms with E-state index in [0.717, 1.165) is 5.39 Å². The topological polar surface area (TPSA) is 100 Å². The minimum absolute atomic E-state index is 0.0750. The fourth-order valence-corrected chi connectivity index (χ4v) is 2.89. The maximum absolute atomic E-state index is 14.7. The zero-order valence-corrected chi connectivity index (χ0v) is 14.1. The molecule has 3 aromatic heterocycles. The van der Waals surface area contributed by atoms with Gasteiger partial charge in [0.05, 0.1) is 35.5 Å². The first-order valence-electron chi connectivity index (χ1n) is 8.04. The molecule has 0 aliphatic heterocycles. The van der Waals surface area contributed by atoms with Crippen LogP contribution < -0.4 is 10.6 Å². The van der Waals surface area contributed by atoms with Crippen molar-refractivity contribution < 1.29 is 9.18 Å². The predicted octanol–water partition coefficient (Wildman–Crippen LogP) is 2.80. The van der Waals surface area contributed by atoms with Crippen molar-refractivity contribution in [2.75, 3.05) is 10.6 Å². The number of aromatic amines is 1. The minimum atomic E-state index is -0.388. The van der Waals surface area contributed by atoms with Crippen molar-refractivity contribution in [3.63, 3.8) is 0 Å². The predicted molar refractivity (Wildman–Crippen MR) is 96.5 cm³/mol. The normalized spacial score (nSPS) is 11.4. The Hall–Kier alpha value is -3.49. The monoisotopic (exact) mass is 353 g/mol. The SMILES string of the molecule is CC(C)Nc1c(F)cc(-c2cn3cc(NC=O)nc3cn2)c2cn[nH]c12. The van der Waals surface area contributed by atoms with Crippen molar-refractivity contribution in [1.29, 1.82) is 0 Å². The van der Waals surface area contributed by atoms with Crippen molar-refractivity contribution >= 4 is 34.5 Å². The maximum Gasteiger partial charge on any atom is 0.212 e. The number of H-pyrrole nitrogens is 1. The lowest BCUT2D eigenvalue weighted by Gasteiger charge is -2.13. The van der Waals surface area contributed by atoms with E-state index in [1.165, 1.54) is 6.07 Å². The Kier molecular flexibility index (Phi) is 3.76. The number of carbonyl (C=O) groups is 1. The zero-order valence-electron chi connectivity index (χ0n) is 14.1. The van der Waals surface area contributed by atoms with Gasteiger partial charge in [-0.25, -0.2) is 9.37 Å². The van der Waals surface area contributed by atoms with E-state index in [1.54, 1.807) is 29.2 Å². The van der Waals surface area contributed by atoms with Gasteiger partial charge in [-0.3, -0.25) is 14.9 Å². The highest BCUT2D eigenvalue weighted by Crippen LogP contribution is 2.34. The molecule has 3 N–H and O–H groups in total. The molecule has 4 aromatic rings. The van der Waals surface area contributed by atoms with E-state index < -0.39 is 0 Å². The van der Waals surface area contributed by atoms with E-state index in [0.29, 0.717) is 40.3 Å². The number of benzene rings is 1. The Morgan fingerprint density at radius 3 is 2.92 bits per heavy atom. The standard InChI is InChI=1S/C17H16FN7O/c1-9(2)22-17-12(18)3-10(11-4-21-24-16(11)17)13-6-25-7-14(20-8-26)23-15(25)5-19-13/h3-9,22H,1-2H3,(H,20,26)(H,21,24). The van der Waals surface area contributed by atoms with Gasteiger partial charge in [0.15, 0.2) is 11.5 Å². The Bertz CT molecular complexity index is 1120. The second-order valence-electron chi connectivity index (χ2n) is 6.17. The van der Waals surface area contributed by atoms with E-state index in [2.05, 4.69) is 30.8 Å². The molecule has 3 heterocycles. The molecule has 1 amide bonds.